The number of hydrogen-bond acceptors (Lipinski definition) is 3. The fourth-order valence-corrected chi connectivity index (χ4v) is 2.70. The number of nitrogens with two attached hydrogens (primary N) is 1. The maximum Gasteiger partial charge on any atom is 0.265 e. The standard InChI is InChI=1S/C17H16N2O2/c1-10-7-11(2)15(9-14(10)18)19-16(20)8-12-5-3-4-6-13(12)17(19)21/h3-7,9H,8,18H2,1-2H3. The van der Waals surface area contributed by atoms with E-state index < -0.39 is 0 Å². The Hall–Kier alpha value is -2.62. The zero-order chi connectivity index (χ0) is 15.1. The molecule has 0 saturated heterocycles. The predicted octanol–water partition coefficient (Wildman–Crippen LogP) is 2.62. The Balaban J connectivity index is 2.14. The number of fused-ring (bicyclic) bond motifs is 1. The summed E-state index contributed by atoms with van der Waals surface area (Å²) in [5.74, 6) is -0.502. The highest BCUT2D eigenvalue weighted by Crippen LogP contribution is 2.30. The molecule has 1 aliphatic heterocycles. The molecule has 0 radical (unpaired) electrons. The van der Waals surface area contributed by atoms with Crippen LogP contribution in [-0.2, 0) is 11.2 Å². The molecular formula is C17H16N2O2. The number of carbonyl (C=O) groups excluding carboxylic acids is 2. The van der Waals surface area contributed by atoms with Gasteiger partial charge in [-0.2, -0.15) is 0 Å². The van der Waals surface area contributed by atoms with Gasteiger partial charge < -0.3 is 5.73 Å². The first-order chi connectivity index (χ1) is 9.99. The number of amides is 2. The van der Waals surface area contributed by atoms with Gasteiger partial charge in [-0.25, -0.2) is 4.90 Å². The summed E-state index contributed by atoms with van der Waals surface area (Å²) in [7, 11) is 0. The van der Waals surface area contributed by atoms with Gasteiger partial charge in [-0.05, 0) is 42.7 Å². The van der Waals surface area contributed by atoms with Crippen LogP contribution in [0.25, 0.3) is 0 Å². The molecule has 3 rings (SSSR count). The highest BCUT2D eigenvalue weighted by Gasteiger charge is 2.32. The summed E-state index contributed by atoms with van der Waals surface area (Å²) in [4.78, 5) is 26.3. The third-order valence-electron chi connectivity index (χ3n) is 3.87. The van der Waals surface area contributed by atoms with Crippen LogP contribution in [0.3, 0.4) is 0 Å². The highest BCUT2D eigenvalue weighted by atomic mass is 16.2. The van der Waals surface area contributed by atoms with Crippen LogP contribution in [0, 0.1) is 13.8 Å². The molecule has 4 nitrogen and oxygen atoms in total. The second kappa shape index (κ2) is 4.74. The molecule has 0 aliphatic carbocycles. The van der Waals surface area contributed by atoms with Gasteiger partial charge in [0.1, 0.15) is 0 Å². The van der Waals surface area contributed by atoms with E-state index in [1.165, 1.54) is 4.90 Å². The molecule has 2 aromatic rings. The van der Waals surface area contributed by atoms with Gasteiger partial charge in [-0.15, -0.1) is 0 Å². The summed E-state index contributed by atoms with van der Waals surface area (Å²) in [6.07, 6.45) is 0.231. The maximum atomic E-state index is 12.6. The number of carbonyl (C=O) groups is 2. The van der Waals surface area contributed by atoms with Gasteiger partial charge in [0.2, 0.25) is 5.91 Å². The van der Waals surface area contributed by atoms with E-state index in [1.807, 2.05) is 32.0 Å². The van der Waals surface area contributed by atoms with Gasteiger partial charge in [0.05, 0.1) is 12.1 Å². The van der Waals surface area contributed by atoms with Crippen molar-refractivity contribution in [1.29, 1.82) is 0 Å². The molecule has 0 bridgehead atoms. The quantitative estimate of drug-likeness (QED) is 0.645. The zero-order valence-electron chi connectivity index (χ0n) is 12.0. The number of rotatable bonds is 1. The first-order valence-corrected chi connectivity index (χ1v) is 6.81. The number of imide groups is 1. The van der Waals surface area contributed by atoms with Gasteiger partial charge in [0.25, 0.3) is 5.91 Å². The molecule has 1 heterocycles. The van der Waals surface area contributed by atoms with Crippen molar-refractivity contribution >= 4 is 23.2 Å². The Morgan fingerprint density at radius 1 is 1.05 bits per heavy atom. The Labute approximate surface area is 123 Å². The smallest absolute Gasteiger partial charge is 0.265 e. The van der Waals surface area contributed by atoms with E-state index in [0.717, 1.165) is 16.7 Å². The minimum Gasteiger partial charge on any atom is -0.398 e. The van der Waals surface area contributed by atoms with Crippen LogP contribution in [0.15, 0.2) is 36.4 Å². The molecule has 2 amide bonds. The Kier molecular flexibility index (Phi) is 3.01. The molecular weight excluding hydrogens is 264 g/mol. The number of benzene rings is 2. The Morgan fingerprint density at radius 2 is 1.76 bits per heavy atom. The summed E-state index contributed by atoms with van der Waals surface area (Å²) in [5, 5.41) is 0. The van der Waals surface area contributed by atoms with Crippen LogP contribution in [-0.4, -0.2) is 11.8 Å². The summed E-state index contributed by atoms with van der Waals surface area (Å²) < 4.78 is 0. The third kappa shape index (κ3) is 2.09. The topological polar surface area (TPSA) is 63.4 Å². The van der Waals surface area contributed by atoms with Crippen LogP contribution in [0.2, 0.25) is 0 Å². The molecule has 0 unspecified atom stereocenters. The Bertz CT molecular complexity index is 765. The maximum absolute atomic E-state index is 12.6. The molecule has 0 fully saturated rings. The van der Waals surface area contributed by atoms with E-state index in [9.17, 15) is 9.59 Å². The largest absolute Gasteiger partial charge is 0.398 e. The van der Waals surface area contributed by atoms with Gasteiger partial charge in [-0.1, -0.05) is 24.3 Å². The van der Waals surface area contributed by atoms with E-state index in [4.69, 9.17) is 5.73 Å². The lowest BCUT2D eigenvalue weighted by Crippen LogP contribution is -2.42. The molecule has 1 aliphatic rings. The summed E-state index contributed by atoms with van der Waals surface area (Å²) in [6, 6.07) is 10.8. The lowest BCUT2D eigenvalue weighted by Gasteiger charge is -2.28. The number of nitrogen functional groups attached to an aromatic ring is 1. The van der Waals surface area contributed by atoms with Crippen molar-refractivity contribution in [3.8, 4) is 0 Å². The van der Waals surface area contributed by atoms with Gasteiger partial charge in [-0.3, -0.25) is 9.59 Å². The average molecular weight is 280 g/mol. The Morgan fingerprint density at radius 3 is 2.52 bits per heavy atom. The van der Waals surface area contributed by atoms with Crippen LogP contribution in [0.1, 0.15) is 27.0 Å². The lowest BCUT2D eigenvalue weighted by atomic mass is 9.97. The second-order valence-electron chi connectivity index (χ2n) is 5.36. The minimum atomic E-state index is -0.284. The van der Waals surface area contributed by atoms with Crippen molar-refractivity contribution in [3.63, 3.8) is 0 Å². The van der Waals surface area contributed by atoms with Crippen molar-refractivity contribution in [2.24, 2.45) is 0 Å². The molecule has 0 atom stereocenters. The molecule has 21 heavy (non-hydrogen) atoms. The van der Waals surface area contributed by atoms with E-state index in [0.29, 0.717) is 16.9 Å². The molecule has 0 saturated carbocycles. The summed E-state index contributed by atoms with van der Waals surface area (Å²) >= 11 is 0. The van der Waals surface area contributed by atoms with E-state index in [2.05, 4.69) is 0 Å². The first-order valence-electron chi connectivity index (χ1n) is 6.81. The highest BCUT2D eigenvalue weighted by molar-refractivity contribution is 6.25. The first kappa shape index (κ1) is 13.4. The molecule has 4 heteroatoms. The molecule has 0 aromatic heterocycles. The normalized spacial score (nSPS) is 14.3. The van der Waals surface area contributed by atoms with Crippen molar-refractivity contribution in [3.05, 3.63) is 58.7 Å². The monoisotopic (exact) mass is 280 g/mol. The molecule has 2 N–H and O–H groups in total. The predicted molar refractivity (Wildman–Crippen MR) is 82.3 cm³/mol. The lowest BCUT2D eigenvalue weighted by molar-refractivity contribution is -0.117. The van der Waals surface area contributed by atoms with Crippen molar-refractivity contribution in [1.82, 2.24) is 0 Å². The van der Waals surface area contributed by atoms with E-state index in [-0.39, 0.29) is 18.2 Å². The molecule has 106 valence electrons. The van der Waals surface area contributed by atoms with Crippen LogP contribution >= 0.6 is 0 Å². The van der Waals surface area contributed by atoms with E-state index >= 15 is 0 Å². The van der Waals surface area contributed by atoms with Crippen molar-refractivity contribution in [2.75, 3.05) is 10.6 Å². The number of hydrogen-bond donors (Lipinski definition) is 1. The van der Waals surface area contributed by atoms with Gasteiger partial charge in [0, 0.05) is 11.3 Å². The number of anilines is 2. The fourth-order valence-electron chi connectivity index (χ4n) is 2.70. The molecule has 0 spiro atoms. The van der Waals surface area contributed by atoms with Crippen LogP contribution in [0.4, 0.5) is 11.4 Å². The van der Waals surface area contributed by atoms with E-state index in [1.54, 1.807) is 18.2 Å². The van der Waals surface area contributed by atoms with Gasteiger partial charge in [0.15, 0.2) is 0 Å². The van der Waals surface area contributed by atoms with Gasteiger partial charge >= 0.3 is 0 Å². The van der Waals surface area contributed by atoms with Crippen molar-refractivity contribution in [2.45, 2.75) is 20.3 Å². The fraction of sp³-hybridized carbons (Fsp3) is 0.176. The number of aryl methyl sites for hydroxylation is 2. The second-order valence-corrected chi connectivity index (χ2v) is 5.36. The summed E-state index contributed by atoms with van der Waals surface area (Å²) in [6.45, 7) is 3.78. The molecule has 2 aromatic carbocycles. The zero-order valence-corrected chi connectivity index (χ0v) is 12.0. The van der Waals surface area contributed by atoms with Crippen LogP contribution in [0.5, 0.6) is 0 Å². The SMILES string of the molecule is Cc1cc(C)c(N2C(=O)Cc3ccccc3C2=O)cc1N. The minimum absolute atomic E-state index is 0.218. The summed E-state index contributed by atoms with van der Waals surface area (Å²) in [5.41, 5.74) is 10.2. The number of nitrogens with zero attached hydrogens (tertiary/aromatic N) is 1. The average Bonchev–Trinajstić information content (AvgIpc) is 2.44. The van der Waals surface area contributed by atoms with Crippen LogP contribution < -0.4 is 10.6 Å². The third-order valence-corrected chi connectivity index (χ3v) is 3.87. The van der Waals surface area contributed by atoms with Crippen molar-refractivity contribution < 1.29 is 9.59 Å².